The molecule has 4 nitrogen and oxygen atoms in total. The fourth-order valence-corrected chi connectivity index (χ4v) is 1.30. The van der Waals surface area contributed by atoms with Crippen LogP contribution in [-0.2, 0) is 0 Å². The molecule has 0 spiro atoms. The maximum atomic E-state index is 5.58. The third-order valence-corrected chi connectivity index (χ3v) is 1.91. The molecule has 0 atom stereocenters. The van der Waals surface area contributed by atoms with Crippen LogP contribution in [0.2, 0.25) is 0 Å². The van der Waals surface area contributed by atoms with Crippen LogP contribution in [0.4, 0.5) is 5.82 Å². The minimum atomic E-state index is 0.450. The first kappa shape index (κ1) is 8.62. The Labute approximate surface area is 81.9 Å². The molecule has 4 heteroatoms. The number of nitrogens with two attached hydrogens (primary N) is 1. The second-order valence-corrected chi connectivity index (χ2v) is 2.86. The topological polar surface area (TPSA) is 53.1 Å². The summed E-state index contributed by atoms with van der Waals surface area (Å²) in [6.45, 7) is 0. The molecule has 2 N–H and O–H groups in total. The van der Waals surface area contributed by atoms with Crippen molar-refractivity contribution >= 4 is 5.82 Å². The van der Waals surface area contributed by atoms with Crippen molar-refractivity contribution in [2.45, 2.75) is 0 Å². The number of methoxy groups -OCH3 is 1. The van der Waals surface area contributed by atoms with Crippen molar-refractivity contribution < 1.29 is 4.74 Å². The average molecular weight is 189 g/mol. The van der Waals surface area contributed by atoms with Gasteiger partial charge in [-0.15, -0.1) is 0 Å². The van der Waals surface area contributed by atoms with Gasteiger partial charge in [0.05, 0.1) is 19.0 Å². The quantitative estimate of drug-likeness (QED) is 0.778. The van der Waals surface area contributed by atoms with E-state index in [0.29, 0.717) is 11.8 Å². The molecular weight excluding hydrogens is 178 g/mol. The van der Waals surface area contributed by atoms with Crippen LogP contribution >= 0.6 is 0 Å². The summed E-state index contributed by atoms with van der Waals surface area (Å²) in [5.41, 5.74) is 6.56. The van der Waals surface area contributed by atoms with Crippen LogP contribution in [0.1, 0.15) is 0 Å². The molecule has 0 amide bonds. The van der Waals surface area contributed by atoms with Gasteiger partial charge in [-0.1, -0.05) is 18.2 Å². The highest BCUT2D eigenvalue weighted by atomic mass is 16.5. The molecule has 0 radical (unpaired) electrons. The molecule has 0 bridgehead atoms. The lowest BCUT2D eigenvalue weighted by atomic mass is 10.3. The van der Waals surface area contributed by atoms with Gasteiger partial charge >= 0.3 is 6.01 Å². The molecule has 0 saturated carbocycles. The van der Waals surface area contributed by atoms with Gasteiger partial charge in [0, 0.05) is 0 Å². The highest BCUT2D eigenvalue weighted by Crippen LogP contribution is 2.18. The van der Waals surface area contributed by atoms with Gasteiger partial charge in [-0.05, 0) is 12.1 Å². The van der Waals surface area contributed by atoms with E-state index in [4.69, 9.17) is 10.5 Å². The van der Waals surface area contributed by atoms with E-state index in [9.17, 15) is 0 Å². The fourth-order valence-electron chi connectivity index (χ4n) is 1.30. The van der Waals surface area contributed by atoms with Crippen molar-refractivity contribution in [3.63, 3.8) is 0 Å². The van der Waals surface area contributed by atoms with Crippen molar-refractivity contribution in [3.8, 4) is 11.7 Å². The lowest BCUT2D eigenvalue weighted by Crippen LogP contribution is -1.96. The number of hydrogen-bond acceptors (Lipinski definition) is 3. The summed E-state index contributed by atoms with van der Waals surface area (Å²) >= 11 is 0. The van der Waals surface area contributed by atoms with Crippen molar-refractivity contribution in [2.75, 3.05) is 12.8 Å². The molecule has 0 aliphatic rings. The van der Waals surface area contributed by atoms with E-state index in [1.54, 1.807) is 17.9 Å². The van der Waals surface area contributed by atoms with E-state index in [2.05, 4.69) is 4.98 Å². The molecule has 1 aromatic carbocycles. The molecule has 1 aromatic heterocycles. The molecule has 2 rings (SSSR count). The molecule has 0 saturated heterocycles. The summed E-state index contributed by atoms with van der Waals surface area (Å²) in [5.74, 6) is 0.450. The van der Waals surface area contributed by atoms with Gasteiger partial charge in [0.15, 0.2) is 0 Å². The van der Waals surface area contributed by atoms with Crippen LogP contribution < -0.4 is 10.5 Å². The van der Waals surface area contributed by atoms with Crippen molar-refractivity contribution in [1.29, 1.82) is 0 Å². The van der Waals surface area contributed by atoms with Gasteiger partial charge in [0.1, 0.15) is 5.82 Å². The summed E-state index contributed by atoms with van der Waals surface area (Å²) in [5, 5.41) is 0. The Hall–Kier alpha value is -1.97. The van der Waals surface area contributed by atoms with Crippen molar-refractivity contribution in [3.05, 3.63) is 36.5 Å². The third kappa shape index (κ3) is 1.42. The molecule has 1 heterocycles. The number of anilines is 1. The van der Waals surface area contributed by atoms with E-state index >= 15 is 0 Å². The van der Waals surface area contributed by atoms with Crippen LogP contribution in [0.25, 0.3) is 5.69 Å². The number of benzene rings is 1. The number of ether oxygens (including phenoxy) is 1. The predicted molar refractivity (Wildman–Crippen MR) is 54.5 cm³/mol. The Morgan fingerprint density at radius 1 is 1.29 bits per heavy atom. The minimum absolute atomic E-state index is 0.450. The number of hydrogen-bond donors (Lipinski definition) is 1. The van der Waals surface area contributed by atoms with Gasteiger partial charge in [-0.25, -0.2) is 0 Å². The SMILES string of the molecule is COc1nc(N)cn1-c1ccccc1. The molecule has 2 aromatic rings. The lowest BCUT2D eigenvalue weighted by molar-refractivity contribution is 0.374. The zero-order chi connectivity index (χ0) is 9.97. The molecule has 0 aliphatic heterocycles. The summed E-state index contributed by atoms with van der Waals surface area (Å²) in [4.78, 5) is 4.02. The second kappa shape index (κ2) is 3.41. The Kier molecular flexibility index (Phi) is 2.10. The molecule has 0 aliphatic carbocycles. The van der Waals surface area contributed by atoms with Gasteiger partial charge in [0.2, 0.25) is 0 Å². The van der Waals surface area contributed by atoms with Crippen LogP contribution in [0, 0.1) is 0 Å². The van der Waals surface area contributed by atoms with Crippen LogP contribution in [0.5, 0.6) is 6.01 Å². The molecule has 0 unspecified atom stereocenters. The first-order chi connectivity index (χ1) is 6.81. The monoisotopic (exact) mass is 189 g/mol. The van der Waals surface area contributed by atoms with Crippen LogP contribution in [0.3, 0.4) is 0 Å². The summed E-state index contributed by atoms with van der Waals surface area (Å²) < 4.78 is 6.89. The fraction of sp³-hybridized carbons (Fsp3) is 0.100. The molecular formula is C10H11N3O. The van der Waals surface area contributed by atoms with Gasteiger partial charge in [0.25, 0.3) is 0 Å². The Balaban J connectivity index is 2.51. The summed E-state index contributed by atoms with van der Waals surface area (Å²) in [7, 11) is 1.57. The minimum Gasteiger partial charge on any atom is -0.468 e. The van der Waals surface area contributed by atoms with E-state index < -0.39 is 0 Å². The highest BCUT2D eigenvalue weighted by molar-refractivity contribution is 5.40. The van der Waals surface area contributed by atoms with Crippen molar-refractivity contribution in [1.82, 2.24) is 9.55 Å². The largest absolute Gasteiger partial charge is 0.468 e. The van der Waals surface area contributed by atoms with Crippen LogP contribution in [0.15, 0.2) is 36.5 Å². The van der Waals surface area contributed by atoms with Gasteiger partial charge < -0.3 is 10.5 Å². The molecule has 72 valence electrons. The Morgan fingerprint density at radius 2 is 2.00 bits per heavy atom. The summed E-state index contributed by atoms with van der Waals surface area (Å²) in [6, 6.07) is 10.3. The Bertz CT molecular complexity index is 422. The van der Waals surface area contributed by atoms with E-state index in [1.807, 2.05) is 30.3 Å². The van der Waals surface area contributed by atoms with E-state index in [0.717, 1.165) is 5.69 Å². The number of nitrogens with zero attached hydrogens (tertiary/aromatic N) is 2. The highest BCUT2D eigenvalue weighted by Gasteiger charge is 2.06. The number of nitrogen functional groups attached to an aromatic ring is 1. The molecule has 0 fully saturated rings. The molecule has 14 heavy (non-hydrogen) atoms. The number of para-hydroxylation sites is 1. The first-order valence-electron chi connectivity index (χ1n) is 4.25. The first-order valence-corrected chi connectivity index (χ1v) is 4.25. The Morgan fingerprint density at radius 3 is 2.64 bits per heavy atom. The number of imidazole rings is 1. The zero-order valence-corrected chi connectivity index (χ0v) is 7.84. The van der Waals surface area contributed by atoms with E-state index in [1.165, 1.54) is 0 Å². The maximum Gasteiger partial charge on any atom is 0.302 e. The average Bonchev–Trinajstić information content (AvgIpc) is 2.61. The van der Waals surface area contributed by atoms with E-state index in [-0.39, 0.29) is 0 Å². The second-order valence-electron chi connectivity index (χ2n) is 2.86. The van der Waals surface area contributed by atoms with Gasteiger partial charge in [-0.3, -0.25) is 4.57 Å². The smallest absolute Gasteiger partial charge is 0.302 e. The number of aromatic nitrogens is 2. The third-order valence-electron chi connectivity index (χ3n) is 1.91. The van der Waals surface area contributed by atoms with Gasteiger partial charge in [-0.2, -0.15) is 4.98 Å². The number of rotatable bonds is 2. The lowest BCUT2D eigenvalue weighted by Gasteiger charge is -2.04. The standard InChI is InChI=1S/C10H11N3O/c1-14-10-12-9(11)7-13(10)8-5-3-2-4-6-8/h2-7H,11H2,1H3. The zero-order valence-electron chi connectivity index (χ0n) is 7.84. The normalized spacial score (nSPS) is 10.1. The summed E-state index contributed by atoms with van der Waals surface area (Å²) in [6.07, 6.45) is 1.73. The van der Waals surface area contributed by atoms with Crippen molar-refractivity contribution in [2.24, 2.45) is 0 Å². The predicted octanol–water partition coefficient (Wildman–Crippen LogP) is 1.46. The van der Waals surface area contributed by atoms with Crippen LogP contribution in [-0.4, -0.2) is 16.7 Å². The maximum absolute atomic E-state index is 5.58.